The molecule has 0 radical (unpaired) electrons. The third kappa shape index (κ3) is 2.65. The first-order valence-corrected chi connectivity index (χ1v) is 6.00. The van der Waals surface area contributed by atoms with Crippen LogP contribution < -0.4 is 9.47 Å². The van der Waals surface area contributed by atoms with Crippen LogP contribution in [0.2, 0.25) is 0 Å². The zero-order valence-electron chi connectivity index (χ0n) is 11.3. The van der Waals surface area contributed by atoms with Crippen LogP contribution in [0.1, 0.15) is 16.7 Å². The molecule has 0 saturated carbocycles. The Balaban J connectivity index is 2.28. The summed E-state index contributed by atoms with van der Waals surface area (Å²) in [6.45, 7) is 6.23. The molecule has 0 aliphatic carbocycles. The number of rotatable bonds is 3. The average molecular weight is 242 g/mol. The van der Waals surface area contributed by atoms with Crippen molar-refractivity contribution in [3.8, 4) is 17.2 Å². The summed E-state index contributed by atoms with van der Waals surface area (Å²) in [4.78, 5) is 0. The molecule has 0 aliphatic heterocycles. The van der Waals surface area contributed by atoms with Crippen molar-refractivity contribution in [3.05, 3.63) is 53.1 Å². The molecule has 2 aromatic rings. The molecule has 2 heteroatoms. The maximum atomic E-state index is 5.94. The molecule has 0 bridgehead atoms. The van der Waals surface area contributed by atoms with Crippen LogP contribution in [-0.2, 0) is 0 Å². The summed E-state index contributed by atoms with van der Waals surface area (Å²) in [6.07, 6.45) is 0. The zero-order chi connectivity index (χ0) is 13.1. The molecule has 0 aliphatic rings. The van der Waals surface area contributed by atoms with Crippen LogP contribution in [0.25, 0.3) is 0 Å². The monoisotopic (exact) mass is 242 g/mol. The van der Waals surface area contributed by atoms with Gasteiger partial charge in [0.05, 0.1) is 7.11 Å². The molecule has 0 amide bonds. The van der Waals surface area contributed by atoms with E-state index in [1.54, 1.807) is 7.11 Å². The second-order valence-corrected chi connectivity index (χ2v) is 4.51. The largest absolute Gasteiger partial charge is 0.497 e. The van der Waals surface area contributed by atoms with Gasteiger partial charge < -0.3 is 9.47 Å². The van der Waals surface area contributed by atoms with Crippen LogP contribution in [0.5, 0.6) is 17.2 Å². The molecule has 0 unspecified atom stereocenters. The summed E-state index contributed by atoms with van der Waals surface area (Å²) in [7, 11) is 1.66. The third-order valence-corrected chi connectivity index (χ3v) is 2.88. The van der Waals surface area contributed by atoms with Crippen LogP contribution >= 0.6 is 0 Å². The highest BCUT2D eigenvalue weighted by atomic mass is 16.5. The van der Waals surface area contributed by atoms with Crippen molar-refractivity contribution in [1.29, 1.82) is 0 Å². The molecule has 18 heavy (non-hydrogen) atoms. The van der Waals surface area contributed by atoms with Gasteiger partial charge in [-0.2, -0.15) is 0 Å². The molecule has 0 spiro atoms. The van der Waals surface area contributed by atoms with E-state index >= 15 is 0 Å². The molecule has 2 nitrogen and oxygen atoms in total. The van der Waals surface area contributed by atoms with Gasteiger partial charge in [-0.15, -0.1) is 0 Å². The first-order valence-electron chi connectivity index (χ1n) is 6.00. The lowest BCUT2D eigenvalue weighted by Crippen LogP contribution is -1.92. The summed E-state index contributed by atoms with van der Waals surface area (Å²) in [5.41, 5.74) is 3.57. The van der Waals surface area contributed by atoms with Gasteiger partial charge in [0.2, 0.25) is 0 Å². The summed E-state index contributed by atoms with van der Waals surface area (Å²) in [6, 6.07) is 11.9. The fourth-order valence-corrected chi connectivity index (χ4v) is 2.09. The number of methoxy groups -OCH3 is 1. The molecule has 94 valence electrons. The Morgan fingerprint density at radius 1 is 0.778 bits per heavy atom. The Hall–Kier alpha value is -1.96. The Kier molecular flexibility index (Phi) is 3.56. The first kappa shape index (κ1) is 12.5. The topological polar surface area (TPSA) is 18.5 Å². The summed E-state index contributed by atoms with van der Waals surface area (Å²) in [5.74, 6) is 2.59. The van der Waals surface area contributed by atoms with E-state index in [1.165, 1.54) is 5.56 Å². The van der Waals surface area contributed by atoms with E-state index in [0.717, 1.165) is 28.4 Å². The number of ether oxygens (including phenoxy) is 2. The number of aryl methyl sites for hydroxylation is 3. The van der Waals surface area contributed by atoms with E-state index in [-0.39, 0.29) is 0 Å². The van der Waals surface area contributed by atoms with E-state index in [1.807, 2.05) is 24.3 Å². The quantitative estimate of drug-likeness (QED) is 0.793. The number of hydrogen-bond donors (Lipinski definition) is 0. The lowest BCUT2D eigenvalue weighted by molar-refractivity contribution is 0.412. The van der Waals surface area contributed by atoms with Crippen LogP contribution in [0.3, 0.4) is 0 Å². The highest BCUT2D eigenvalue weighted by Gasteiger charge is 2.06. The van der Waals surface area contributed by atoms with Gasteiger partial charge in [-0.25, -0.2) is 0 Å². The van der Waals surface area contributed by atoms with Crippen molar-refractivity contribution >= 4 is 0 Å². The lowest BCUT2D eigenvalue weighted by Gasteiger charge is -2.13. The number of benzene rings is 2. The van der Waals surface area contributed by atoms with Gasteiger partial charge in [0.25, 0.3) is 0 Å². The highest BCUT2D eigenvalue weighted by molar-refractivity contribution is 5.46. The van der Waals surface area contributed by atoms with E-state index in [2.05, 4.69) is 32.9 Å². The third-order valence-electron chi connectivity index (χ3n) is 2.88. The van der Waals surface area contributed by atoms with Crippen molar-refractivity contribution in [2.24, 2.45) is 0 Å². The van der Waals surface area contributed by atoms with E-state index in [4.69, 9.17) is 9.47 Å². The van der Waals surface area contributed by atoms with E-state index < -0.39 is 0 Å². The molecule has 2 aromatic carbocycles. The molecule has 0 aromatic heterocycles. The van der Waals surface area contributed by atoms with Gasteiger partial charge in [0.15, 0.2) is 0 Å². The summed E-state index contributed by atoms with van der Waals surface area (Å²) >= 11 is 0. The number of hydrogen-bond acceptors (Lipinski definition) is 2. The van der Waals surface area contributed by atoms with Gasteiger partial charge >= 0.3 is 0 Å². The predicted octanol–water partition coefficient (Wildman–Crippen LogP) is 4.41. The molecule has 0 saturated heterocycles. The van der Waals surface area contributed by atoms with Gasteiger partial charge in [-0.1, -0.05) is 17.7 Å². The van der Waals surface area contributed by atoms with Crippen molar-refractivity contribution in [3.63, 3.8) is 0 Å². The van der Waals surface area contributed by atoms with Crippen molar-refractivity contribution in [2.75, 3.05) is 7.11 Å². The normalized spacial score (nSPS) is 10.2. The Morgan fingerprint density at radius 3 is 1.78 bits per heavy atom. The van der Waals surface area contributed by atoms with Gasteiger partial charge in [0.1, 0.15) is 17.2 Å². The fraction of sp³-hybridized carbons (Fsp3) is 0.250. The molecule has 0 atom stereocenters. The Bertz CT molecular complexity index is 519. The van der Waals surface area contributed by atoms with E-state index in [9.17, 15) is 0 Å². The standard InChI is InChI=1S/C16H18O2/c1-11-9-12(2)16(13(3)10-11)18-15-7-5-14(17-4)6-8-15/h5-10H,1-4H3. The SMILES string of the molecule is COc1ccc(Oc2c(C)cc(C)cc2C)cc1. The second kappa shape index (κ2) is 5.13. The zero-order valence-corrected chi connectivity index (χ0v) is 11.3. The minimum Gasteiger partial charge on any atom is -0.497 e. The van der Waals surface area contributed by atoms with Crippen LogP contribution in [-0.4, -0.2) is 7.11 Å². The molecule has 0 N–H and O–H groups in total. The van der Waals surface area contributed by atoms with E-state index in [0.29, 0.717) is 0 Å². The van der Waals surface area contributed by atoms with Gasteiger partial charge in [-0.3, -0.25) is 0 Å². The molecular weight excluding hydrogens is 224 g/mol. The first-order chi connectivity index (χ1) is 8.60. The summed E-state index contributed by atoms with van der Waals surface area (Å²) < 4.78 is 11.1. The smallest absolute Gasteiger partial charge is 0.133 e. The van der Waals surface area contributed by atoms with Crippen molar-refractivity contribution in [2.45, 2.75) is 20.8 Å². The Morgan fingerprint density at radius 2 is 1.28 bits per heavy atom. The summed E-state index contributed by atoms with van der Waals surface area (Å²) in [5, 5.41) is 0. The van der Waals surface area contributed by atoms with Crippen molar-refractivity contribution in [1.82, 2.24) is 0 Å². The Labute approximate surface area is 108 Å². The van der Waals surface area contributed by atoms with Gasteiger partial charge in [0, 0.05) is 0 Å². The molecule has 0 heterocycles. The minimum atomic E-state index is 0.825. The molecule has 2 rings (SSSR count). The average Bonchev–Trinajstić information content (AvgIpc) is 2.34. The maximum absolute atomic E-state index is 5.94. The molecule has 0 fully saturated rings. The minimum absolute atomic E-state index is 0.825. The van der Waals surface area contributed by atoms with Crippen LogP contribution in [0.15, 0.2) is 36.4 Å². The lowest BCUT2D eigenvalue weighted by atomic mass is 10.1. The van der Waals surface area contributed by atoms with Gasteiger partial charge in [-0.05, 0) is 56.2 Å². The molecular formula is C16H18O2. The fourth-order valence-electron chi connectivity index (χ4n) is 2.09. The highest BCUT2D eigenvalue weighted by Crippen LogP contribution is 2.30. The van der Waals surface area contributed by atoms with Crippen molar-refractivity contribution < 1.29 is 9.47 Å². The second-order valence-electron chi connectivity index (χ2n) is 4.51. The predicted molar refractivity (Wildman–Crippen MR) is 73.7 cm³/mol. The van der Waals surface area contributed by atoms with Crippen LogP contribution in [0.4, 0.5) is 0 Å². The maximum Gasteiger partial charge on any atom is 0.133 e. The van der Waals surface area contributed by atoms with Crippen LogP contribution in [0, 0.1) is 20.8 Å².